The molecule has 2 N–H and O–H groups in total. The number of hydrogen-bond acceptors (Lipinski definition) is 3. The predicted molar refractivity (Wildman–Crippen MR) is 83.0 cm³/mol. The molecular weight excluding hydrogens is 334 g/mol. The number of aromatic nitrogens is 2. The van der Waals surface area contributed by atoms with Crippen LogP contribution < -0.4 is 5.32 Å². The zero-order chi connectivity index (χ0) is 14.7. The molecule has 3 rings (SSSR count). The smallest absolute Gasteiger partial charge is 0.272 e. The van der Waals surface area contributed by atoms with Crippen LogP contribution in [0.15, 0.2) is 34.9 Å². The second kappa shape index (κ2) is 6.41. The van der Waals surface area contributed by atoms with Gasteiger partial charge in [-0.15, -0.1) is 0 Å². The molecule has 1 saturated heterocycles. The second-order valence-electron chi connectivity index (χ2n) is 4.97. The average Bonchev–Trinajstić information content (AvgIpc) is 3.15. The summed E-state index contributed by atoms with van der Waals surface area (Å²) < 4.78 is 6.21. The summed E-state index contributed by atoms with van der Waals surface area (Å²) in [5, 5.41) is 9.83. The Labute approximate surface area is 131 Å². The maximum atomic E-state index is 12.3. The second-order valence-corrected chi connectivity index (χ2v) is 5.77. The van der Waals surface area contributed by atoms with Crippen molar-refractivity contribution in [1.82, 2.24) is 15.5 Å². The van der Waals surface area contributed by atoms with Gasteiger partial charge in [0, 0.05) is 18.7 Å². The van der Waals surface area contributed by atoms with E-state index in [1.54, 1.807) is 0 Å². The van der Waals surface area contributed by atoms with E-state index in [1.165, 1.54) is 0 Å². The highest BCUT2D eigenvalue weighted by molar-refractivity contribution is 9.10. The Morgan fingerprint density at radius 1 is 1.43 bits per heavy atom. The maximum absolute atomic E-state index is 12.3. The number of carbonyl (C=O) groups excluding carboxylic acids is 1. The number of nitrogens with one attached hydrogen (secondary N) is 2. The van der Waals surface area contributed by atoms with E-state index < -0.39 is 0 Å². The molecule has 6 heteroatoms. The van der Waals surface area contributed by atoms with Crippen molar-refractivity contribution in [3.63, 3.8) is 0 Å². The number of nitrogens with zero attached hydrogens (tertiary/aromatic N) is 1. The first-order valence-corrected chi connectivity index (χ1v) is 7.74. The molecule has 0 spiro atoms. The third-order valence-electron chi connectivity index (χ3n) is 3.51. The van der Waals surface area contributed by atoms with E-state index in [-0.39, 0.29) is 12.0 Å². The molecule has 1 aromatic carbocycles. The maximum Gasteiger partial charge on any atom is 0.272 e. The fourth-order valence-electron chi connectivity index (χ4n) is 2.45. The molecule has 21 heavy (non-hydrogen) atoms. The number of ether oxygens (including phenoxy) is 1. The standard InChI is InChI=1S/C15H16BrN3O2/c16-14-12(10-5-2-1-3-6-10)13(18-19-14)15(20)17-9-11-7-4-8-21-11/h1-3,5-6,11H,4,7-9H2,(H,17,20)(H,18,19). The summed E-state index contributed by atoms with van der Waals surface area (Å²) >= 11 is 3.42. The lowest BCUT2D eigenvalue weighted by Gasteiger charge is -2.10. The molecule has 0 bridgehead atoms. The van der Waals surface area contributed by atoms with Gasteiger partial charge in [0.2, 0.25) is 0 Å². The summed E-state index contributed by atoms with van der Waals surface area (Å²) in [4.78, 5) is 12.3. The molecule has 0 saturated carbocycles. The molecule has 110 valence electrons. The van der Waals surface area contributed by atoms with Gasteiger partial charge in [-0.2, -0.15) is 5.10 Å². The Hall–Kier alpha value is -1.66. The number of halogens is 1. The lowest BCUT2D eigenvalue weighted by Crippen LogP contribution is -2.32. The van der Waals surface area contributed by atoms with Crippen LogP contribution in [0.2, 0.25) is 0 Å². The van der Waals surface area contributed by atoms with E-state index >= 15 is 0 Å². The van der Waals surface area contributed by atoms with Gasteiger partial charge in [-0.05, 0) is 34.3 Å². The van der Waals surface area contributed by atoms with Crippen molar-refractivity contribution in [2.24, 2.45) is 0 Å². The molecular formula is C15H16BrN3O2. The van der Waals surface area contributed by atoms with Gasteiger partial charge in [-0.25, -0.2) is 0 Å². The van der Waals surface area contributed by atoms with Crippen LogP contribution in [0.4, 0.5) is 0 Å². The highest BCUT2D eigenvalue weighted by Crippen LogP contribution is 2.29. The van der Waals surface area contributed by atoms with Crippen molar-refractivity contribution in [2.75, 3.05) is 13.2 Å². The summed E-state index contributed by atoms with van der Waals surface area (Å²) in [7, 11) is 0. The van der Waals surface area contributed by atoms with E-state index in [1.807, 2.05) is 30.3 Å². The van der Waals surface area contributed by atoms with Gasteiger partial charge in [-0.3, -0.25) is 9.89 Å². The van der Waals surface area contributed by atoms with Crippen molar-refractivity contribution in [3.05, 3.63) is 40.6 Å². The van der Waals surface area contributed by atoms with Gasteiger partial charge in [0.05, 0.1) is 6.10 Å². The summed E-state index contributed by atoms with van der Waals surface area (Å²) in [6.07, 6.45) is 2.18. The first-order chi connectivity index (χ1) is 10.3. The zero-order valence-corrected chi connectivity index (χ0v) is 13.0. The van der Waals surface area contributed by atoms with Gasteiger partial charge in [0.15, 0.2) is 5.69 Å². The fourth-order valence-corrected chi connectivity index (χ4v) is 2.95. The van der Waals surface area contributed by atoms with E-state index in [0.717, 1.165) is 30.6 Å². The summed E-state index contributed by atoms with van der Waals surface area (Å²) in [6.45, 7) is 1.31. The van der Waals surface area contributed by atoms with Gasteiger partial charge in [-0.1, -0.05) is 30.3 Å². The first kappa shape index (κ1) is 14.3. The van der Waals surface area contributed by atoms with Gasteiger partial charge >= 0.3 is 0 Å². The quantitative estimate of drug-likeness (QED) is 0.891. The number of H-pyrrole nitrogens is 1. The van der Waals surface area contributed by atoms with Crippen LogP contribution >= 0.6 is 15.9 Å². The number of benzene rings is 1. The predicted octanol–water partition coefficient (Wildman–Crippen LogP) is 2.75. The molecule has 2 heterocycles. The van der Waals surface area contributed by atoms with Crippen molar-refractivity contribution in [2.45, 2.75) is 18.9 Å². The molecule has 1 aliphatic heterocycles. The van der Waals surface area contributed by atoms with Crippen LogP contribution in [-0.2, 0) is 4.74 Å². The lowest BCUT2D eigenvalue weighted by atomic mass is 10.1. The molecule has 1 aliphatic rings. The minimum Gasteiger partial charge on any atom is -0.376 e. The highest BCUT2D eigenvalue weighted by Gasteiger charge is 2.22. The van der Waals surface area contributed by atoms with Crippen LogP contribution in [-0.4, -0.2) is 35.4 Å². The Bertz CT molecular complexity index is 621. The number of rotatable bonds is 4. The number of hydrogen-bond donors (Lipinski definition) is 2. The molecule has 2 aromatic rings. The highest BCUT2D eigenvalue weighted by atomic mass is 79.9. The van der Waals surface area contributed by atoms with Crippen LogP contribution in [0.25, 0.3) is 11.1 Å². The molecule has 1 aromatic heterocycles. The van der Waals surface area contributed by atoms with Gasteiger partial charge in [0.25, 0.3) is 5.91 Å². The minimum absolute atomic E-state index is 0.122. The SMILES string of the molecule is O=C(NCC1CCCO1)c1n[nH]c(Br)c1-c1ccccc1. The molecule has 0 aliphatic carbocycles. The van der Waals surface area contributed by atoms with Crippen molar-refractivity contribution < 1.29 is 9.53 Å². The van der Waals surface area contributed by atoms with Crippen LogP contribution in [0.3, 0.4) is 0 Å². The van der Waals surface area contributed by atoms with Crippen LogP contribution in [0, 0.1) is 0 Å². The third kappa shape index (κ3) is 3.16. The van der Waals surface area contributed by atoms with Crippen molar-refractivity contribution in [3.8, 4) is 11.1 Å². The Morgan fingerprint density at radius 3 is 2.95 bits per heavy atom. The largest absolute Gasteiger partial charge is 0.376 e. The monoisotopic (exact) mass is 349 g/mol. The number of carbonyl (C=O) groups is 1. The Kier molecular flexibility index (Phi) is 4.36. The van der Waals surface area contributed by atoms with Crippen molar-refractivity contribution in [1.29, 1.82) is 0 Å². The minimum atomic E-state index is -0.189. The Morgan fingerprint density at radius 2 is 2.24 bits per heavy atom. The topological polar surface area (TPSA) is 67.0 Å². The normalized spacial score (nSPS) is 17.9. The third-order valence-corrected chi connectivity index (χ3v) is 4.09. The van der Waals surface area contributed by atoms with E-state index in [2.05, 4.69) is 31.4 Å². The molecule has 1 amide bonds. The van der Waals surface area contributed by atoms with Crippen molar-refractivity contribution >= 4 is 21.8 Å². The van der Waals surface area contributed by atoms with Gasteiger partial charge < -0.3 is 10.1 Å². The summed E-state index contributed by atoms with van der Waals surface area (Å²) in [6, 6.07) is 9.71. The fraction of sp³-hybridized carbons (Fsp3) is 0.333. The molecule has 0 radical (unpaired) electrons. The lowest BCUT2D eigenvalue weighted by molar-refractivity contribution is 0.0854. The molecule has 1 fully saturated rings. The number of amides is 1. The molecule has 5 nitrogen and oxygen atoms in total. The average molecular weight is 350 g/mol. The van der Waals surface area contributed by atoms with Gasteiger partial charge in [0.1, 0.15) is 4.60 Å². The van der Waals surface area contributed by atoms with E-state index in [9.17, 15) is 4.79 Å². The molecule has 1 unspecified atom stereocenters. The Balaban J connectivity index is 1.77. The summed E-state index contributed by atoms with van der Waals surface area (Å²) in [5.41, 5.74) is 2.12. The zero-order valence-electron chi connectivity index (χ0n) is 11.4. The van der Waals surface area contributed by atoms with Crippen LogP contribution in [0.1, 0.15) is 23.3 Å². The van der Waals surface area contributed by atoms with E-state index in [4.69, 9.17) is 4.74 Å². The first-order valence-electron chi connectivity index (χ1n) is 6.95. The van der Waals surface area contributed by atoms with Crippen LogP contribution in [0.5, 0.6) is 0 Å². The number of aromatic amines is 1. The summed E-state index contributed by atoms with van der Waals surface area (Å²) in [5.74, 6) is -0.189. The van der Waals surface area contributed by atoms with E-state index in [0.29, 0.717) is 16.8 Å². The molecule has 1 atom stereocenters.